The van der Waals surface area contributed by atoms with Gasteiger partial charge in [-0.05, 0) is 109 Å². The maximum absolute atomic E-state index is 13.9. The topological polar surface area (TPSA) is 76.7 Å². The highest BCUT2D eigenvalue weighted by molar-refractivity contribution is 6.00. The summed E-state index contributed by atoms with van der Waals surface area (Å²) in [7, 11) is 0. The van der Waals surface area contributed by atoms with Crippen molar-refractivity contribution in [3.63, 3.8) is 0 Å². The quantitative estimate of drug-likeness (QED) is 0.0525. The van der Waals surface area contributed by atoms with Crippen LogP contribution in [0.5, 0.6) is 11.5 Å². The second-order valence-corrected chi connectivity index (χ2v) is 12.9. The third kappa shape index (κ3) is 9.83. The van der Waals surface area contributed by atoms with Crippen LogP contribution in [0.1, 0.15) is 43.0 Å². The Bertz CT molecular complexity index is 2320. The van der Waals surface area contributed by atoms with E-state index in [2.05, 4.69) is 23.8 Å². The molecule has 6 rings (SSSR count). The number of benzene rings is 6. The number of allylic oxidation sites excluding steroid dienone is 2. The van der Waals surface area contributed by atoms with Crippen molar-refractivity contribution in [3.8, 4) is 22.6 Å². The standard InChI is InChI=1S/C46H34F6N2O4/c1-3-11-29-21-23-41(57-43(55)35-17-5-7-19-39(35)53-33-15-9-13-31(27-33)45(47,48)49)37(25-29)38-26-30(12-4-2)22-24-42(38)58-44(56)36-18-6-8-20-40(36)54-34-16-10-14-32(28-34)46(50,51)52/h3-10,13-28,53-54H,1-2,11-12H2. The van der Waals surface area contributed by atoms with Crippen LogP contribution in [-0.2, 0) is 25.2 Å². The van der Waals surface area contributed by atoms with E-state index in [9.17, 15) is 35.9 Å². The number of carbonyl (C=O) groups excluding carboxylic acids is 2. The summed E-state index contributed by atoms with van der Waals surface area (Å²) < 4.78 is 92.6. The van der Waals surface area contributed by atoms with Crippen LogP contribution in [0.15, 0.2) is 159 Å². The number of alkyl halides is 6. The van der Waals surface area contributed by atoms with Gasteiger partial charge in [0.15, 0.2) is 0 Å². The summed E-state index contributed by atoms with van der Waals surface area (Å²) in [5.74, 6) is -1.51. The molecule has 12 heteroatoms. The van der Waals surface area contributed by atoms with Crippen molar-refractivity contribution in [1.29, 1.82) is 0 Å². The number of carbonyl (C=O) groups is 2. The molecule has 0 bridgehead atoms. The minimum atomic E-state index is -4.58. The fourth-order valence-corrected chi connectivity index (χ4v) is 6.05. The molecule has 6 aromatic rings. The summed E-state index contributed by atoms with van der Waals surface area (Å²) in [5.41, 5.74) is 1.17. The molecule has 6 aromatic carbocycles. The van der Waals surface area contributed by atoms with E-state index in [0.717, 1.165) is 35.4 Å². The lowest BCUT2D eigenvalue weighted by atomic mass is 9.97. The summed E-state index contributed by atoms with van der Waals surface area (Å²) in [6, 6.07) is 31.6. The summed E-state index contributed by atoms with van der Waals surface area (Å²) in [6.45, 7) is 7.64. The van der Waals surface area contributed by atoms with Crippen LogP contribution in [0.2, 0.25) is 0 Å². The lowest BCUT2D eigenvalue weighted by Gasteiger charge is -2.18. The Hall–Kier alpha value is -7.08. The van der Waals surface area contributed by atoms with Gasteiger partial charge in [-0.15, -0.1) is 13.2 Å². The van der Waals surface area contributed by atoms with Gasteiger partial charge in [0.05, 0.1) is 33.6 Å². The summed E-state index contributed by atoms with van der Waals surface area (Å²) in [6.07, 6.45) is -4.92. The number of esters is 2. The van der Waals surface area contributed by atoms with Crippen molar-refractivity contribution in [2.45, 2.75) is 25.2 Å². The largest absolute Gasteiger partial charge is 0.422 e. The maximum Gasteiger partial charge on any atom is 0.416 e. The second-order valence-electron chi connectivity index (χ2n) is 12.9. The highest BCUT2D eigenvalue weighted by Gasteiger charge is 2.31. The predicted octanol–water partition coefficient (Wildman–Crippen LogP) is 12.8. The van der Waals surface area contributed by atoms with Crippen molar-refractivity contribution >= 4 is 34.7 Å². The summed E-state index contributed by atoms with van der Waals surface area (Å²) >= 11 is 0. The van der Waals surface area contributed by atoms with Gasteiger partial charge in [-0.3, -0.25) is 0 Å². The van der Waals surface area contributed by atoms with Crippen LogP contribution in [0, 0.1) is 0 Å². The van der Waals surface area contributed by atoms with Gasteiger partial charge in [0.2, 0.25) is 0 Å². The number of rotatable bonds is 13. The van der Waals surface area contributed by atoms with E-state index in [1.54, 1.807) is 72.8 Å². The third-order valence-corrected chi connectivity index (χ3v) is 8.78. The molecule has 0 aliphatic carbocycles. The average Bonchev–Trinajstić information content (AvgIpc) is 3.19. The molecular formula is C46H34F6N2O4. The molecule has 58 heavy (non-hydrogen) atoms. The molecule has 0 aliphatic heterocycles. The average molecular weight is 793 g/mol. The monoisotopic (exact) mass is 792 g/mol. The Morgan fingerprint density at radius 2 is 0.914 bits per heavy atom. The van der Waals surface area contributed by atoms with Crippen LogP contribution in [0.3, 0.4) is 0 Å². The van der Waals surface area contributed by atoms with Crippen LogP contribution >= 0.6 is 0 Å². The van der Waals surface area contributed by atoms with Crippen LogP contribution in [0.25, 0.3) is 11.1 Å². The number of nitrogens with one attached hydrogen (secondary N) is 2. The molecule has 0 fully saturated rings. The van der Waals surface area contributed by atoms with Crippen LogP contribution in [0.4, 0.5) is 49.1 Å². The summed E-state index contributed by atoms with van der Waals surface area (Å²) in [5, 5.41) is 5.77. The van der Waals surface area contributed by atoms with E-state index in [4.69, 9.17) is 9.47 Å². The molecule has 0 heterocycles. The zero-order valence-electron chi connectivity index (χ0n) is 30.6. The molecule has 0 aliphatic rings. The number of halogens is 6. The lowest BCUT2D eigenvalue weighted by molar-refractivity contribution is -0.138. The van der Waals surface area contributed by atoms with E-state index in [1.165, 1.54) is 48.5 Å². The molecule has 294 valence electrons. The van der Waals surface area contributed by atoms with Crippen molar-refractivity contribution in [3.05, 3.63) is 192 Å². The molecule has 0 aromatic heterocycles. The van der Waals surface area contributed by atoms with Crippen molar-refractivity contribution in [2.75, 3.05) is 10.6 Å². The maximum atomic E-state index is 13.9. The smallest absolute Gasteiger partial charge is 0.416 e. The first-order chi connectivity index (χ1) is 27.7. The lowest BCUT2D eigenvalue weighted by Crippen LogP contribution is -2.13. The minimum absolute atomic E-state index is 0.0259. The highest BCUT2D eigenvalue weighted by atomic mass is 19.4. The molecule has 0 radical (unpaired) electrons. The number of hydrogen-bond donors (Lipinski definition) is 2. The first kappa shape index (κ1) is 40.6. The molecule has 0 unspecified atom stereocenters. The van der Waals surface area contributed by atoms with Crippen molar-refractivity contribution in [2.24, 2.45) is 0 Å². The molecule has 2 N–H and O–H groups in total. The molecule has 0 spiro atoms. The Labute approximate surface area is 330 Å². The Morgan fingerprint density at radius 3 is 1.29 bits per heavy atom. The van der Waals surface area contributed by atoms with Gasteiger partial charge >= 0.3 is 24.3 Å². The van der Waals surface area contributed by atoms with E-state index >= 15 is 0 Å². The first-order valence-corrected chi connectivity index (χ1v) is 17.7. The van der Waals surface area contributed by atoms with Gasteiger partial charge in [-0.2, -0.15) is 26.3 Å². The normalized spacial score (nSPS) is 11.3. The minimum Gasteiger partial charge on any atom is -0.422 e. The Balaban J connectivity index is 1.35. The molecule has 0 amide bonds. The Morgan fingerprint density at radius 1 is 0.517 bits per heavy atom. The predicted molar refractivity (Wildman–Crippen MR) is 212 cm³/mol. The van der Waals surface area contributed by atoms with Crippen molar-refractivity contribution < 1.29 is 45.4 Å². The van der Waals surface area contributed by atoms with E-state index in [1.807, 2.05) is 0 Å². The SMILES string of the molecule is C=CCc1ccc(OC(=O)c2ccccc2Nc2cccc(C(F)(F)F)c2)c(-c2cc(CC=C)ccc2OC(=O)c2ccccc2Nc2cccc(C(F)(F)F)c2)c1. The van der Waals surface area contributed by atoms with Crippen molar-refractivity contribution in [1.82, 2.24) is 0 Å². The number of para-hydroxylation sites is 2. The van der Waals surface area contributed by atoms with Gasteiger partial charge in [0.1, 0.15) is 11.5 Å². The van der Waals surface area contributed by atoms with E-state index < -0.39 is 35.4 Å². The number of anilines is 4. The fourth-order valence-electron chi connectivity index (χ4n) is 6.05. The Kier molecular flexibility index (Phi) is 12.2. The van der Waals surface area contributed by atoms with Crippen LogP contribution < -0.4 is 20.1 Å². The van der Waals surface area contributed by atoms with Crippen LogP contribution in [-0.4, -0.2) is 11.9 Å². The molecule has 6 nitrogen and oxygen atoms in total. The van der Waals surface area contributed by atoms with E-state index in [-0.39, 0.29) is 45.4 Å². The molecule has 0 atom stereocenters. The molecular weight excluding hydrogens is 759 g/mol. The van der Waals surface area contributed by atoms with Gasteiger partial charge in [0.25, 0.3) is 0 Å². The van der Waals surface area contributed by atoms with Gasteiger partial charge < -0.3 is 20.1 Å². The zero-order chi connectivity index (χ0) is 41.5. The van der Waals surface area contributed by atoms with E-state index in [0.29, 0.717) is 24.0 Å². The third-order valence-electron chi connectivity index (χ3n) is 8.78. The molecule has 0 saturated heterocycles. The summed E-state index contributed by atoms with van der Waals surface area (Å²) in [4.78, 5) is 27.8. The number of hydrogen-bond acceptors (Lipinski definition) is 6. The van der Waals surface area contributed by atoms with Gasteiger partial charge in [0, 0.05) is 22.5 Å². The first-order valence-electron chi connectivity index (χ1n) is 17.7. The van der Waals surface area contributed by atoms with Gasteiger partial charge in [-0.25, -0.2) is 9.59 Å². The highest BCUT2D eigenvalue weighted by Crippen LogP contribution is 2.40. The molecule has 0 saturated carbocycles. The fraction of sp³-hybridized carbons (Fsp3) is 0.0870. The number of ether oxygens (including phenoxy) is 2. The zero-order valence-corrected chi connectivity index (χ0v) is 30.6. The second kappa shape index (κ2) is 17.4. The van der Waals surface area contributed by atoms with Gasteiger partial charge in [-0.1, -0.05) is 60.7 Å².